The molecule has 8 rings (SSSR count). The number of nitrogens with zero attached hydrogens (tertiary/aromatic N) is 13. The van der Waals surface area contributed by atoms with Crippen LogP contribution in [0.15, 0.2) is 67.0 Å². The maximum Gasteiger partial charge on any atom is 0.248 e. The van der Waals surface area contributed by atoms with Crippen LogP contribution in [0, 0.1) is 24.2 Å². The molecule has 78 heavy (non-hydrogen) atoms. The predicted octanol–water partition coefficient (Wildman–Crippen LogP) is 0.697. The number of phenolic OH excluding ortho intramolecular Hbond substituents is 1. The number of piperazine rings is 2. The molecule has 23 nitrogen and oxygen atoms in total. The lowest BCUT2D eigenvalue weighted by Gasteiger charge is -2.38. The predicted molar refractivity (Wildman–Crippen MR) is 292 cm³/mol. The summed E-state index contributed by atoms with van der Waals surface area (Å²) in [5.41, 5.74) is 17.1. The second-order valence-electron chi connectivity index (χ2n) is 20.5. The summed E-state index contributed by atoms with van der Waals surface area (Å²) in [6, 6.07) is 15.0. The van der Waals surface area contributed by atoms with Crippen molar-refractivity contribution in [2.45, 2.75) is 77.5 Å². The molecule has 7 N–H and O–H groups in total. The number of aromatic hydroxyl groups is 1. The number of hydrogen-bond acceptors (Lipinski definition) is 18. The third-order valence-corrected chi connectivity index (χ3v) is 13.7. The van der Waals surface area contributed by atoms with Gasteiger partial charge in [0.1, 0.15) is 24.4 Å². The Morgan fingerprint density at radius 1 is 0.705 bits per heavy atom. The smallest absolute Gasteiger partial charge is 0.248 e. The van der Waals surface area contributed by atoms with Gasteiger partial charge in [-0.15, -0.1) is 16.6 Å². The molecule has 0 aliphatic carbocycles. The number of anilines is 3. The maximum atomic E-state index is 14.7. The molecule has 24 heteroatoms. The van der Waals surface area contributed by atoms with Crippen LogP contribution in [-0.2, 0) is 36.6 Å². The Kier molecular flexibility index (Phi) is 21.5. The molecule has 0 bridgehead atoms. The summed E-state index contributed by atoms with van der Waals surface area (Å²) >= 11 is 0. The maximum absolute atomic E-state index is 14.7. The minimum Gasteiger partial charge on any atom is -1.00 e. The summed E-state index contributed by atoms with van der Waals surface area (Å²) < 4.78 is 19.9. The SMILES string of the molecule is C#CCOCCOCCOCCNc1nc(N2CCN(C(=O)C(Cc3ccc(O)cc3)n3cc(C(N)CC(C)C)nn3)CC2)nc(N2CCN(C(=O)C(Cc3cc4ccccc4[nH]3)n3cc(C(N)CC(C)C)nn3)CC2)n1.[Cl-]. The molecule has 6 aromatic rings. The second kappa shape index (κ2) is 28.6. The lowest BCUT2D eigenvalue weighted by molar-refractivity contribution is -0.136. The summed E-state index contributed by atoms with van der Waals surface area (Å²) in [5.74, 6) is 4.41. The van der Waals surface area contributed by atoms with Crippen molar-refractivity contribution in [1.82, 2.24) is 59.7 Å². The number of nitrogens with two attached hydrogens (primary N) is 2. The first-order valence-corrected chi connectivity index (χ1v) is 26.7. The van der Waals surface area contributed by atoms with Gasteiger partial charge in [-0.2, -0.15) is 15.0 Å². The molecular weight excluding hydrogens is 1020 g/mol. The highest BCUT2D eigenvalue weighted by atomic mass is 35.5. The zero-order chi connectivity index (χ0) is 54.3. The van der Waals surface area contributed by atoms with Crippen LogP contribution >= 0.6 is 0 Å². The van der Waals surface area contributed by atoms with E-state index in [0.717, 1.165) is 35.0 Å². The highest BCUT2D eigenvalue weighted by Gasteiger charge is 2.34. The summed E-state index contributed by atoms with van der Waals surface area (Å²) in [4.78, 5) is 55.4. The fraction of sp³-hybridized carbons (Fsp3) is 0.537. The van der Waals surface area contributed by atoms with E-state index in [-0.39, 0.29) is 48.7 Å². The molecule has 2 amide bonds. The quantitative estimate of drug-likeness (QED) is 0.0351. The highest BCUT2D eigenvalue weighted by Crippen LogP contribution is 2.27. The number of ether oxygens (including phenoxy) is 3. The van der Waals surface area contributed by atoms with Gasteiger partial charge in [0.05, 0.1) is 68.9 Å². The van der Waals surface area contributed by atoms with Gasteiger partial charge in [0, 0.05) is 83.0 Å². The summed E-state index contributed by atoms with van der Waals surface area (Å²) in [6.45, 7) is 14.5. The first-order valence-electron chi connectivity index (χ1n) is 26.7. The zero-order valence-electron chi connectivity index (χ0n) is 45.2. The molecule has 4 unspecified atom stereocenters. The molecule has 2 aliphatic rings. The minimum atomic E-state index is -0.698. The zero-order valence-corrected chi connectivity index (χ0v) is 45.9. The van der Waals surface area contributed by atoms with Gasteiger partial charge in [-0.3, -0.25) is 9.59 Å². The van der Waals surface area contributed by atoms with Gasteiger partial charge in [0.25, 0.3) is 0 Å². The molecule has 2 saturated heterocycles. The molecule has 2 fully saturated rings. The highest BCUT2D eigenvalue weighted by molar-refractivity contribution is 5.83. The Labute approximate surface area is 462 Å². The number of halogens is 1. The number of nitrogens with one attached hydrogen (secondary N) is 2. The number of para-hydroxylation sites is 1. The van der Waals surface area contributed by atoms with E-state index in [2.05, 4.69) is 80.4 Å². The third-order valence-electron chi connectivity index (χ3n) is 13.7. The molecule has 2 aromatic carbocycles. The molecule has 0 saturated carbocycles. The summed E-state index contributed by atoms with van der Waals surface area (Å²) in [7, 11) is 0. The molecule has 4 atom stereocenters. The number of aromatic amines is 1. The third kappa shape index (κ3) is 16.1. The number of carbonyl (C=O) groups excluding carboxylic acids is 2. The van der Waals surface area contributed by atoms with Crippen molar-refractivity contribution < 1.29 is 41.3 Å². The monoisotopic (exact) mass is 1090 g/mol. The number of hydrogen-bond donors (Lipinski definition) is 5. The number of fused-ring (bicyclic) bond motifs is 1. The average molecular weight is 1090 g/mol. The lowest BCUT2D eigenvalue weighted by Crippen LogP contribution is -3.00. The summed E-state index contributed by atoms with van der Waals surface area (Å²) in [6.07, 6.45) is 11.0. The van der Waals surface area contributed by atoms with Gasteiger partial charge in [0.15, 0.2) is 0 Å². The van der Waals surface area contributed by atoms with Gasteiger partial charge in [0.2, 0.25) is 29.7 Å². The number of phenols is 1. The Hall–Kier alpha value is -6.94. The van der Waals surface area contributed by atoms with E-state index in [1.165, 1.54) is 0 Å². The van der Waals surface area contributed by atoms with Crippen LogP contribution < -0.4 is 39.0 Å². The molecule has 420 valence electrons. The summed E-state index contributed by atoms with van der Waals surface area (Å²) in [5, 5.41) is 32.1. The second-order valence-corrected chi connectivity index (χ2v) is 20.5. The van der Waals surface area contributed by atoms with Crippen molar-refractivity contribution in [3.63, 3.8) is 0 Å². The molecule has 4 aromatic heterocycles. The minimum absolute atomic E-state index is 0. The van der Waals surface area contributed by atoms with E-state index >= 15 is 0 Å². The number of benzene rings is 2. The van der Waals surface area contributed by atoms with Crippen LogP contribution in [0.2, 0.25) is 0 Å². The Morgan fingerprint density at radius 2 is 1.22 bits per heavy atom. The number of aromatic nitrogens is 10. The largest absolute Gasteiger partial charge is 1.00 e. The van der Waals surface area contributed by atoms with Crippen molar-refractivity contribution in [3.05, 3.63) is 89.6 Å². The van der Waals surface area contributed by atoms with Crippen molar-refractivity contribution >= 4 is 40.6 Å². The van der Waals surface area contributed by atoms with Gasteiger partial charge in [-0.25, -0.2) is 9.36 Å². The van der Waals surface area contributed by atoms with E-state index in [9.17, 15) is 14.7 Å². The fourth-order valence-corrected chi connectivity index (χ4v) is 9.57. The van der Waals surface area contributed by atoms with Gasteiger partial charge in [-0.05, 0) is 59.9 Å². The van der Waals surface area contributed by atoms with Crippen LogP contribution in [0.4, 0.5) is 17.8 Å². The first-order chi connectivity index (χ1) is 37.3. The molecule has 0 spiro atoms. The van der Waals surface area contributed by atoms with E-state index in [0.29, 0.717) is 146 Å². The van der Waals surface area contributed by atoms with E-state index in [1.54, 1.807) is 27.7 Å². The van der Waals surface area contributed by atoms with Gasteiger partial charge in [-0.1, -0.05) is 74.4 Å². The Balaban J connectivity index is 0.00000882. The van der Waals surface area contributed by atoms with Crippen LogP contribution in [0.25, 0.3) is 10.9 Å². The molecule has 6 heterocycles. The number of rotatable bonds is 27. The Morgan fingerprint density at radius 3 is 1.74 bits per heavy atom. The topological polar surface area (TPSA) is 275 Å². The van der Waals surface area contributed by atoms with E-state index in [4.69, 9.17) is 47.1 Å². The molecular formula is C54H75ClN17O6-. The number of H-pyrrole nitrogens is 1. The van der Waals surface area contributed by atoms with Crippen LogP contribution in [-0.4, -0.2) is 175 Å². The van der Waals surface area contributed by atoms with Crippen molar-refractivity contribution in [3.8, 4) is 18.1 Å². The number of carbonyl (C=O) groups is 2. The van der Waals surface area contributed by atoms with Crippen LogP contribution in [0.1, 0.15) is 87.3 Å². The van der Waals surface area contributed by atoms with Crippen molar-refractivity contribution in [2.75, 3.05) is 114 Å². The lowest BCUT2D eigenvalue weighted by atomic mass is 10.0. The molecule has 2 aliphatic heterocycles. The standard InChI is InChI=1S/C54H75N17O6.ClH/c1-6-24-75-26-28-77-29-27-76-25-15-57-52-59-53(68-20-16-66(17-21-68)50(73)48(32-39-11-13-42(72)14-12-39)70-35-46(62-64-70)43(55)30-37(2)3)61-54(60-52)69-22-18-67(19-23-69)51(74)49(34-41-33-40-9-7-8-10-45(40)58-41)71-36-47(63-65-71)44(56)31-38(4)5;/h1,7-14,33,35-38,43-44,48-49,58,72H,15-32,34,55-56H2,2-5H3,(H,57,59,60,61);1H/p-1. The normalized spacial score (nSPS) is 15.6. The Bertz CT molecular complexity index is 2820. The van der Waals surface area contributed by atoms with Gasteiger partial charge >= 0.3 is 0 Å². The van der Waals surface area contributed by atoms with Crippen molar-refractivity contribution in [2.24, 2.45) is 23.3 Å². The average Bonchev–Trinajstić information content (AvgIpc) is 4.24. The fourth-order valence-electron chi connectivity index (χ4n) is 9.57. The number of amides is 2. The number of terminal acetylenes is 1. The van der Waals surface area contributed by atoms with Gasteiger partial charge < -0.3 is 73.1 Å². The van der Waals surface area contributed by atoms with E-state index < -0.39 is 12.1 Å². The van der Waals surface area contributed by atoms with E-state index in [1.807, 2.05) is 52.4 Å². The first kappa shape index (κ1) is 58.7. The van der Waals surface area contributed by atoms with Crippen molar-refractivity contribution in [1.29, 1.82) is 0 Å². The van der Waals surface area contributed by atoms with Crippen LogP contribution in [0.5, 0.6) is 5.75 Å². The molecule has 0 radical (unpaired) electrons. The van der Waals surface area contributed by atoms with Crippen LogP contribution in [0.3, 0.4) is 0 Å².